The van der Waals surface area contributed by atoms with Gasteiger partial charge in [-0.15, -0.1) is 0 Å². The quantitative estimate of drug-likeness (QED) is 0.643. The molecular weight excluding hydrogens is 335 g/mol. The molecule has 0 radical (unpaired) electrons. The SMILES string of the molecule is COC(=O)C[C@@H](Cc1cc(F)c(F)cc1F)NC(=O)c1ccccc1. The fourth-order valence-corrected chi connectivity index (χ4v) is 2.30. The molecule has 2 aromatic rings. The van der Waals surface area contributed by atoms with Crippen LogP contribution in [-0.2, 0) is 16.0 Å². The Bertz CT molecular complexity index is 766. The third-order valence-electron chi connectivity index (χ3n) is 3.57. The first-order chi connectivity index (χ1) is 11.9. The van der Waals surface area contributed by atoms with E-state index in [4.69, 9.17) is 0 Å². The first-order valence-electron chi connectivity index (χ1n) is 7.47. The second-order valence-corrected chi connectivity index (χ2v) is 5.38. The number of rotatable bonds is 6. The molecule has 132 valence electrons. The van der Waals surface area contributed by atoms with Crippen molar-refractivity contribution in [1.82, 2.24) is 5.32 Å². The lowest BCUT2D eigenvalue weighted by Crippen LogP contribution is -2.38. The summed E-state index contributed by atoms with van der Waals surface area (Å²) in [6.07, 6.45) is -0.440. The lowest BCUT2D eigenvalue weighted by atomic mass is 10.0. The summed E-state index contributed by atoms with van der Waals surface area (Å²) in [5.74, 6) is -4.57. The Morgan fingerprint density at radius 1 is 1.04 bits per heavy atom. The Morgan fingerprint density at radius 2 is 1.68 bits per heavy atom. The molecule has 1 amide bonds. The normalized spacial score (nSPS) is 11.7. The van der Waals surface area contributed by atoms with Gasteiger partial charge in [0, 0.05) is 17.7 Å². The zero-order valence-electron chi connectivity index (χ0n) is 13.4. The zero-order valence-corrected chi connectivity index (χ0v) is 13.4. The summed E-state index contributed by atoms with van der Waals surface area (Å²) < 4.78 is 44.8. The van der Waals surface area contributed by atoms with Crippen molar-refractivity contribution >= 4 is 11.9 Å². The number of nitrogens with one attached hydrogen (secondary N) is 1. The van der Waals surface area contributed by atoms with Crippen LogP contribution in [-0.4, -0.2) is 25.0 Å². The highest BCUT2D eigenvalue weighted by Gasteiger charge is 2.21. The van der Waals surface area contributed by atoms with Gasteiger partial charge in [-0.1, -0.05) is 18.2 Å². The predicted octanol–water partition coefficient (Wildman–Crippen LogP) is 3.01. The molecule has 0 spiro atoms. The molecule has 0 heterocycles. The third kappa shape index (κ3) is 5.07. The van der Waals surface area contributed by atoms with E-state index < -0.39 is 35.4 Å². The molecule has 0 saturated heterocycles. The first kappa shape index (κ1) is 18.5. The van der Waals surface area contributed by atoms with Gasteiger partial charge in [-0.25, -0.2) is 13.2 Å². The van der Waals surface area contributed by atoms with E-state index in [1.807, 2.05) is 0 Å². The molecule has 1 N–H and O–H groups in total. The van der Waals surface area contributed by atoms with Crippen LogP contribution < -0.4 is 5.32 Å². The highest BCUT2D eigenvalue weighted by Crippen LogP contribution is 2.17. The summed E-state index contributed by atoms with van der Waals surface area (Å²) in [7, 11) is 1.18. The van der Waals surface area contributed by atoms with Crippen LogP contribution in [0.15, 0.2) is 42.5 Å². The molecule has 7 heteroatoms. The van der Waals surface area contributed by atoms with Gasteiger partial charge in [0.2, 0.25) is 0 Å². The number of halogens is 3. The second kappa shape index (κ2) is 8.32. The molecule has 0 aliphatic carbocycles. The highest BCUT2D eigenvalue weighted by molar-refractivity contribution is 5.94. The minimum absolute atomic E-state index is 0.152. The molecule has 0 bridgehead atoms. The van der Waals surface area contributed by atoms with Gasteiger partial charge in [0.15, 0.2) is 11.6 Å². The van der Waals surface area contributed by atoms with Gasteiger partial charge in [-0.2, -0.15) is 0 Å². The van der Waals surface area contributed by atoms with Crippen molar-refractivity contribution in [1.29, 1.82) is 0 Å². The summed E-state index contributed by atoms with van der Waals surface area (Å²) in [5.41, 5.74) is 0.198. The van der Waals surface area contributed by atoms with E-state index in [0.717, 1.165) is 0 Å². The van der Waals surface area contributed by atoms with Crippen LogP contribution in [0, 0.1) is 17.5 Å². The van der Waals surface area contributed by atoms with Gasteiger partial charge >= 0.3 is 5.97 Å². The minimum Gasteiger partial charge on any atom is -0.469 e. The molecule has 4 nitrogen and oxygen atoms in total. The summed E-state index contributed by atoms with van der Waals surface area (Å²) in [6.45, 7) is 0. The van der Waals surface area contributed by atoms with Gasteiger partial charge in [0.25, 0.3) is 5.91 Å². The fraction of sp³-hybridized carbons (Fsp3) is 0.222. The molecule has 0 saturated carbocycles. The number of hydrogen-bond donors (Lipinski definition) is 1. The van der Waals surface area contributed by atoms with Crippen LogP contribution in [0.3, 0.4) is 0 Å². The first-order valence-corrected chi connectivity index (χ1v) is 7.47. The Kier molecular flexibility index (Phi) is 6.16. The Hall–Kier alpha value is -2.83. The predicted molar refractivity (Wildman–Crippen MR) is 84.3 cm³/mol. The van der Waals surface area contributed by atoms with Crippen LogP contribution in [0.4, 0.5) is 13.2 Å². The summed E-state index contributed by atoms with van der Waals surface area (Å²) in [6, 6.07) is 8.51. The number of ether oxygens (including phenoxy) is 1. The average molecular weight is 351 g/mol. The van der Waals surface area contributed by atoms with Crippen molar-refractivity contribution in [3.05, 3.63) is 71.0 Å². The molecule has 0 aliphatic rings. The van der Waals surface area contributed by atoms with E-state index in [-0.39, 0.29) is 18.4 Å². The number of amides is 1. The summed E-state index contributed by atoms with van der Waals surface area (Å²) in [4.78, 5) is 23.8. The minimum atomic E-state index is -1.31. The van der Waals surface area contributed by atoms with Crippen molar-refractivity contribution in [2.24, 2.45) is 0 Å². The maximum Gasteiger partial charge on any atom is 0.307 e. The topological polar surface area (TPSA) is 55.4 Å². The third-order valence-corrected chi connectivity index (χ3v) is 3.57. The molecule has 0 fully saturated rings. The number of methoxy groups -OCH3 is 1. The maximum absolute atomic E-state index is 13.8. The molecule has 0 unspecified atom stereocenters. The lowest BCUT2D eigenvalue weighted by Gasteiger charge is -2.18. The van der Waals surface area contributed by atoms with E-state index in [2.05, 4.69) is 10.1 Å². The summed E-state index contributed by atoms with van der Waals surface area (Å²) in [5, 5.41) is 2.59. The van der Waals surface area contributed by atoms with Gasteiger partial charge < -0.3 is 10.1 Å². The average Bonchev–Trinajstić information content (AvgIpc) is 2.60. The molecule has 0 aromatic heterocycles. The van der Waals surface area contributed by atoms with Crippen molar-refractivity contribution in [3.8, 4) is 0 Å². The van der Waals surface area contributed by atoms with Crippen molar-refractivity contribution in [2.75, 3.05) is 7.11 Å². The van der Waals surface area contributed by atoms with Crippen LogP contribution >= 0.6 is 0 Å². The van der Waals surface area contributed by atoms with Gasteiger partial charge in [-0.05, 0) is 30.2 Å². The van der Waals surface area contributed by atoms with Crippen LogP contribution in [0.2, 0.25) is 0 Å². The largest absolute Gasteiger partial charge is 0.469 e. The maximum atomic E-state index is 13.8. The fourth-order valence-electron chi connectivity index (χ4n) is 2.30. The monoisotopic (exact) mass is 351 g/mol. The molecule has 25 heavy (non-hydrogen) atoms. The van der Waals surface area contributed by atoms with Crippen molar-refractivity contribution < 1.29 is 27.5 Å². The highest BCUT2D eigenvalue weighted by atomic mass is 19.2. The number of hydrogen-bond acceptors (Lipinski definition) is 3. The van der Waals surface area contributed by atoms with E-state index in [1.54, 1.807) is 30.3 Å². The Morgan fingerprint density at radius 3 is 2.32 bits per heavy atom. The van der Waals surface area contributed by atoms with Crippen LogP contribution in [0.25, 0.3) is 0 Å². The van der Waals surface area contributed by atoms with Crippen molar-refractivity contribution in [2.45, 2.75) is 18.9 Å². The number of benzene rings is 2. The number of carbonyl (C=O) groups is 2. The van der Waals surface area contributed by atoms with Crippen LogP contribution in [0.1, 0.15) is 22.3 Å². The van der Waals surface area contributed by atoms with Gasteiger partial charge in [0.1, 0.15) is 5.82 Å². The molecule has 2 aromatic carbocycles. The molecule has 1 atom stereocenters. The lowest BCUT2D eigenvalue weighted by molar-refractivity contribution is -0.141. The van der Waals surface area contributed by atoms with Crippen LogP contribution in [0.5, 0.6) is 0 Å². The Labute approximate surface area is 142 Å². The van der Waals surface area contributed by atoms with Crippen molar-refractivity contribution in [3.63, 3.8) is 0 Å². The standard InChI is InChI=1S/C18H16F3NO3/c1-25-17(23)9-13(22-18(24)11-5-3-2-4-6-11)7-12-8-15(20)16(21)10-14(12)19/h2-6,8,10,13H,7,9H2,1H3,(H,22,24)/t13-/m1/s1. The Balaban J connectivity index is 2.20. The molecule has 2 rings (SSSR count). The van der Waals surface area contributed by atoms with E-state index in [1.165, 1.54) is 7.11 Å². The second-order valence-electron chi connectivity index (χ2n) is 5.38. The smallest absolute Gasteiger partial charge is 0.307 e. The van der Waals surface area contributed by atoms with Gasteiger partial charge in [-0.3, -0.25) is 9.59 Å². The van der Waals surface area contributed by atoms with E-state index in [0.29, 0.717) is 17.7 Å². The van der Waals surface area contributed by atoms with E-state index in [9.17, 15) is 22.8 Å². The summed E-state index contributed by atoms with van der Waals surface area (Å²) >= 11 is 0. The number of carbonyl (C=O) groups excluding carboxylic acids is 2. The molecular formula is C18H16F3NO3. The number of esters is 1. The van der Waals surface area contributed by atoms with Gasteiger partial charge in [0.05, 0.1) is 13.5 Å². The molecule has 0 aliphatic heterocycles. The zero-order chi connectivity index (χ0) is 18.4. The van der Waals surface area contributed by atoms with E-state index >= 15 is 0 Å².